The minimum absolute atomic E-state index is 0.202. The molecule has 0 atom stereocenters. The summed E-state index contributed by atoms with van der Waals surface area (Å²) in [5.41, 5.74) is 1.33. The summed E-state index contributed by atoms with van der Waals surface area (Å²) in [6.07, 6.45) is 1.43. The van der Waals surface area contributed by atoms with Crippen molar-refractivity contribution in [3.05, 3.63) is 52.7 Å². The Labute approximate surface area is 145 Å². The molecule has 3 aromatic heterocycles. The maximum atomic E-state index is 11.9. The lowest BCUT2D eigenvalue weighted by Crippen LogP contribution is -2.15. The first kappa shape index (κ1) is 15.4. The van der Waals surface area contributed by atoms with E-state index in [1.54, 1.807) is 7.11 Å². The van der Waals surface area contributed by atoms with E-state index in [-0.39, 0.29) is 5.56 Å². The summed E-state index contributed by atoms with van der Waals surface area (Å²) in [4.78, 5) is 24.7. The summed E-state index contributed by atoms with van der Waals surface area (Å²) in [7, 11) is 1.62. The van der Waals surface area contributed by atoms with Gasteiger partial charge in [-0.2, -0.15) is 4.52 Å². The van der Waals surface area contributed by atoms with Crippen LogP contribution in [-0.2, 0) is 5.75 Å². The van der Waals surface area contributed by atoms with Crippen LogP contribution in [-0.4, -0.2) is 41.9 Å². The van der Waals surface area contributed by atoms with Crippen LogP contribution in [0.15, 0.2) is 46.6 Å². The molecule has 3 heterocycles. The van der Waals surface area contributed by atoms with E-state index in [0.717, 1.165) is 11.3 Å². The van der Waals surface area contributed by atoms with Crippen LogP contribution in [0.25, 0.3) is 17.2 Å². The SMILES string of the molecule is COc1ccc(-c2nc(SCc3cc(=O)n4[nH]cnc4n3)n[nH]2)cc1. The Hall–Kier alpha value is -3.14. The molecule has 0 saturated heterocycles. The standard InChI is InChI=1S/C15H13N7O2S/c1-24-11-4-2-9(3-5-11)13-19-15(21-20-13)25-7-10-6-12(23)22-14(18-10)16-8-17-22/h2-6,8H,7H2,1H3,(H,16,17,18)(H,19,20,21). The summed E-state index contributed by atoms with van der Waals surface area (Å²) in [6.45, 7) is 0. The van der Waals surface area contributed by atoms with Crippen LogP contribution < -0.4 is 10.3 Å². The molecule has 0 aliphatic heterocycles. The van der Waals surface area contributed by atoms with Crippen molar-refractivity contribution in [3.8, 4) is 17.1 Å². The molecule has 1 aromatic carbocycles. The van der Waals surface area contributed by atoms with Crippen molar-refractivity contribution in [1.82, 2.24) is 34.8 Å². The van der Waals surface area contributed by atoms with E-state index in [4.69, 9.17) is 4.74 Å². The molecule has 126 valence electrons. The van der Waals surface area contributed by atoms with Crippen LogP contribution >= 0.6 is 11.8 Å². The van der Waals surface area contributed by atoms with Gasteiger partial charge in [-0.3, -0.25) is 15.0 Å². The highest BCUT2D eigenvalue weighted by Gasteiger charge is 2.09. The first-order valence-corrected chi connectivity index (χ1v) is 8.33. The van der Waals surface area contributed by atoms with E-state index in [1.165, 1.54) is 28.7 Å². The predicted molar refractivity (Wildman–Crippen MR) is 91.5 cm³/mol. The Morgan fingerprint density at radius 2 is 2.08 bits per heavy atom. The molecule has 0 aliphatic rings. The van der Waals surface area contributed by atoms with Gasteiger partial charge in [0.25, 0.3) is 11.3 Å². The molecule has 0 aliphatic carbocycles. The molecular formula is C15H13N7O2S. The maximum Gasteiger partial charge on any atom is 0.274 e. The van der Waals surface area contributed by atoms with Gasteiger partial charge in [-0.05, 0) is 24.3 Å². The Bertz CT molecular complexity index is 1070. The minimum atomic E-state index is -0.202. The Morgan fingerprint density at radius 3 is 2.88 bits per heavy atom. The number of fused-ring (bicyclic) bond motifs is 1. The molecular weight excluding hydrogens is 342 g/mol. The lowest BCUT2D eigenvalue weighted by Gasteiger charge is -2.00. The second-order valence-corrected chi connectivity index (χ2v) is 6.03. The highest BCUT2D eigenvalue weighted by molar-refractivity contribution is 7.98. The average Bonchev–Trinajstić information content (AvgIpc) is 3.29. The van der Waals surface area contributed by atoms with Gasteiger partial charge in [0.2, 0.25) is 5.16 Å². The number of H-pyrrole nitrogens is 2. The number of methoxy groups -OCH3 is 1. The lowest BCUT2D eigenvalue weighted by molar-refractivity contribution is 0.415. The zero-order valence-electron chi connectivity index (χ0n) is 13.1. The first-order chi connectivity index (χ1) is 12.2. The van der Waals surface area contributed by atoms with Gasteiger partial charge in [-0.1, -0.05) is 11.8 Å². The molecule has 0 radical (unpaired) electrons. The second kappa shape index (κ2) is 6.40. The number of ether oxygens (including phenoxy) is 1. The van der Waals surface area contributed by atoms with E-state index in [2.05, 4.69) is 30.2 Å². The second-order valence-electron chi connectivity index (χ2n) is 5.09. The molecule has 0 fully saturated rings. The Balaban J connectivity index is 1.49. The average molecular weight is 355 g/mol. The third kappa shape index (κ3) is 3.11. The number of nitrogens with one attached hydrogen (secondary N) is 2. The summed E-state index contributed by atoms with van der Waals surface area (Å²) < 4.78 is 6.42. The lowest BCUT2D eigenvalue weighted by atomic mass is 10.2. The fraction of sp³-hybridized carbons (Fsp3) is 0.133. The van der Waals surface area contributed by atoms with Crippen molar-refractivity contribution >= 4 is 17.5 Å². The molecule has 9 nitrogen and oxygen atoms in total. The molecule has 4 aromatic rings. The molecule has 2 N–H and O–H groups in total. The van der Waals surface area contributed by atoms with Gasteiger partial charge in [0, 0.05) is 17.4 Å². The number of hydrogen-bond donors (Lipinski definition) is 2. The van der Waals surface area contributed by atoms with E-state index >= 15 is 0 Å². The minimum Gasteiger partial charge on any atom is -0.497 e. The van der Waals surface area contributed by atoms with Crippen LogP contribution in [0.5, 0.6) is 5.75 Å². The van der Waals surface area contributed by atoms with Gasteiger partial charge in [0.1, 0.15) is 12.1 Å². The summed E-state index contributed by atoms with van der Waals surface area (Å²) in [5, 5.41) is 10.4. The molecule has 25 heavy (non-hydrogen) atoms. The topological polar surface area (TPSA) is 114 Å². The largest absolute Gasteiger partial charge is 0.497 e. The number of benzene rings is 1. The van der Waals surface area contributed by atoms with Gasteiger partial charge in [0.15, 0.2) is 5.82 Å². The highest BCUT2D eigenvalue weighted by atomic mass is 32.2. The van der Waals surface area contributed by atoms with Crippen molar-refractivity contribution in [2.24, 2.45) is 0 Å². The Kier molecular flexibility index (Phi) is 3.94. The number of hydrogen-bond acceptors (Lipinski definition) is 7. The van der Waals surface area contributed by atoms with E-state index < -0.39 is 0 Å². The number of thioether (sulfide) groups is 1. The number of nitrogens with zero attached hydrogens (tertiary/aromatic N) is 5. The fourth-order valence-corrected chi connectivity index (χ4v) is 2.96. The summed E-state index contributed by atoms with van der Waals surface area (Å²) in [5.74, 6) is 2.26. The molecule has 10 heteroatoms. The van der Waals surface area contributed by atoms with Crippen molar-refractivity contribution in [3.63, 3.8) is 0 Å². The van der Waals surface area contributed by atoms with Crippen LogP contribution in [0.2, 0.25) is 0 Å². The number of rotatable bonds is 5. The monoisotopic (exact) mass is 355 g/mol. The van der Waals surface area contributed by atoms with Gasteiger partial charge in [-0.15, -0.1) is 5.10 Å². The zero-order chi connectivity index (χ0) is 17.2. The normalized spacial score (nSPS) is 11.1. The third-order valence-corrected chi connectivity index (χ3v) is 4.38. The van der Waals surface area contributed by atoms with Gasteiger partial charge in [-0.25, -0.2) is 15.0 Å². The van der Waals surface area contributed by atoms with Crippen LogP contribution in [0.4, 0.5) is 0 Å². The maximum absolute atomic E-state index is 11.9. The van der Waals surface area contributed by atoms with Crippen LogP contribution in [0.3, 0.4) is 0 Å². The van der Waals surface area contributed by atoms with Gasteiger partial charge >= 0.3 is 0 Å². The summed E-state index contributed by atoms with van der Waals surface area (Å²) in [6, 6.07) is 9.00. The quantitative estimate of drug-likeness (QED) is 0.521. The van der Waals surface area contributed by atoms with Crippen molar-refractivity contribution in [1.29, 1.82) is 0 Å². The van der Waals surface area contributed by atoms with E-state index in [0.29, 0.717) is 28.2 Å². The summed E-state index contributed by atoms with van der Waals surface area (Å²) >= 11 is 1.39. The molecule has 0 amide bonds. The van der Waals surface area contributed by atoms with E-state index in [1.807, 2.05) is 24.3 Å². The Morgan fingerprint density at radius 1 is 1.24 bits per heavy atom. The van der Waals surface area contributed by atoms with E-state index in [9.17, 15) is 4.79 Å². The van der Waals surface area contributed by atoms with Crippen molar-refractivity contribution < 1.29 is 4.74 Å². The predicted octanol–water partition coefficient (Wildman–Crippen LogP) is 1.50. The molecule has 0 spiro atoms. The highest BCUT2D eigenvalue weighted by Crippen LogP contribution is 2.23. The van der Waals surface area contributed by atoms with Gasteiger partial charge in [0.05, 0.1) is 12.8 Å². The van der Waals surface area contributed by atoms with Crippen LogP contribution in [0.1, 0.15) is 5.69 Å². The molecule has 0 saturated carbocycles. The van der Waals surface area contributed by atoms with Crippen molar-refractivity contribution in [2.45, 2.75) is 10.9 Å². The van der Waals surface area contributed by atoms with Crippen molar-refractivity contribution in [2.75, 3.05) is 7.11 Å². The fourth-order valence-electron chi connectivity index (χ4n) is 2.27. The first-order valence-electron chi connectivity index (χ1n) is 7.34. The van der Waals surface area contributed by atoms with Crippen LogP contribution in [0, 0.1) is 0 Å². The smallest absolute Gasteiger partial charge is 0.274 e. The molecule has 0 bridgehead atoms. The van der Waals surface area contributed by atoms with Gasteiger partial charge < -0.3 is 4.74 Å². The molecule has 0 unspecified atom stereocenters. The zero-order valence-corrected chi connectivity index (χ0v) is 13.9. The number of aromatic nitrogens is 7. The molecule has 4 rings (SSSR count). The number of aromatic amines is 2. The third-order valence-electron chi connectivity index (χ3n) is 3.50.